The van der Waals surface area contributed by atoms with E-state index in [0.717, 1.165) is 5.69 Å². The van der Waals surface area contributed by atoms with Crippen molar-refractivity contribution in [3.05, 3.63) is 58.1 Å². The van der Waals surface area contributed by atoms with Gasteiger partial charge in [0.15, 0.2) is 0 Å². The summed E-state index contributed by atoms with van der Waals surface area (Å²) >= 11 is 11.6. The predicted molar refractivity (Wildman–Crippen MR) is 69.7 cm³/mol. The molecule has 0 unspecified atom stereocenters. The molecule has 0 saturated carbocycles. The number of nitrogens with one attached hydrogen (secondary N) is 1. The van der Waals surface area contributed by atoms with Crippen molar-refractivity contribution in [3.8, 4) is 0 Å². The normalized spacial score (nSPS) is 10.1. The van der Waals surface area contributed by atoms with Crippen LogP contribution in [0.4, 0.5) is 0 Å². The van der Waals surface area contributed by atoms with E-state index in [0.29, 0.717) is 6.54 Å². The molecule has 0 bridgehead atoms. The lowest BCUT2D eigenvalue weighted by atomic mass is 10.2. The fourth-order valence-electron chi connectivity index (χ4n) is 1.34. The lowest BCUT2D eigenvalue weighted by molar-refractivity contribution is 0.0950. The van der Waals surface area contributed by atoms with Gasteiger partial charge in [0.2, 0.25) is 0 Å². The van der Waals surface area contributed by atoms with Gasteiger partial charge < -0.3 is 5.32 Å². The van der Waals surface area contributed by atoms with Crippen LogP contribution in [0.15, 0.2) is 36.7 Å². The zero-order valence-corrected chi connectivity index (χ0v) is 10.7. The first-order valence-corrected chi connectivity index (χ1v) is 5.91. The zero-order chi connectivity index (χ0) is 13.0. The lowest BCUT2D eigenvalue weighted by Gasteiger charge is -2.06. The van der Waals surface area contributed by atoms with E-state index in [9.17, 15) is 4.79 Å². The van der Waals surface area contributed by atoms with Gasteiger partial charge in [0.05, 0.1) is 22.8 Å². The molecule has 0 radical (unpaired) electrons. The minimum atomic E-state index is -0.310. The van der Waals surface area contributed by atoms with Crippen LogP contribution in [0.2, 0.25) is 10.2 Å². The van der Waals surface area contributed by atoms with Crippen molar-refractivity contribution in [1.29, 1.82) is 0 Å². The van der Waals surface area contributed by atoms with Crippen molar-refractivity contribution in [2.75, 3.05) is 0 Å². The van der Waals surface area contributed by atoms with E-state index >= 15 is 0 Å². The molecular formula is C12H9Cl2N3O. The molecule has 0 fully saturated rings. The smallest absolute Gasteiger partial charge is 0.254 e. The molecule has 0 saturated heterocycles. The third-order valence-electron chi connectivity index (χ3n) is 2.22. The number of halogens is 2. The minimum Gasteiger partial charge on any atom is -0.346 e. The number of nitrogens with zero attached hydrogens (tertiary/aromatic N) is 2. The average Bonchev–Trinajstić information content (AvgIpc) is 2.37. The first kappa shape index (κ1) is 12.8. The van der Waals surface area contributed by atoms with Gasteiger partial charge in [0, 0.05) is 12.4 Å². The molecule has 2 heterocycles. The topological polar surface area (TPSA) is 54.9 Å². The number of hydrogen-bond donors (Lipinski definition) is 1. The van der Waals surface area contributed by atoms with Gasteiger partial charge in [-0.15, -0.1) is 0 Å². The Morgan fingerprint density at radius 1 is 1.28 bits per heavy atom. The molecule has 0 aliphatic heterocycles. The molecule has 0 aliphatic carbocycles. The number of carbonyl (C=O) groups is 1. The van der Waals surface area contributed by atoms with Crippen LogP contribution in [0.25, 0.3) is 0 Å². The Bertz CT molecular complexity index is 561. The summed E-state index contributed by atoms with van der Waals surface area (Å²) in [5, 5.41) is 3.23. The highest BCUT2D eigenvalue weighted by Gasteiger charge is 2.11. The third-order valence-corrected chi connectivity index (χ3v) is 2.74. The second-order valence-corrected chi connectivity index (χ2v) is 4.29. The summed E-state index contributed by atoms with van der Waals surface area (Å²) in [5.74, 6) is -0.310. The number of hydrogen-bond acceptors (Lipinski definition) is 3. The Kier molecular flexibility index (Phi) is 4.12. The monoisotopic (exact) mass is 281 g/mol. The summed E-state index contributed by atoms with van der Waals surface area (Å²) in [4.78, 5) is 19.8. The van der Waals surface area contributed by atoms with Crippen molar-refractivity contribution in [1.82, 2.24) is 15.3 Å². The van der Waals surface area contributed by atoms with Crippen LogP contribution < -0.4 is 5.32 Å². The Balaban J connectivity index is 2.04. The number of rotatable bonds is 3. The van der Waals surface area contributed by atoms with Crippen LogP contribution in [0, 0.1) is 0 Å². The van der Waals surface area contributed by atoms with Crippen molar-refractivity contribution >= 4 is 29.1 Å². The van der Waals surface area contributed by atoms with Crippen LogP contribution in [-0.2, 0) is 6.54 Å². The highest BCUT2D eigenvalue weighted by molar-refractivity contribution is 6.36. The Hall–Kier alpha value is -1.65. The molecule has 4 nitrogen and oxygen atoms in total. The number of carbonyl (C=O) groups excluding carboxylic acids is 1. The number of aromatic nitrogens is 2. The van der Waals surface area contributed by atoms with Gasteiger partial charge in [-0.25, -0.2) is 4.98 Å². The van der Waals surface area contributed by atoms with Crippen molar-refractivity contribution in [2.24, 2.45) is 0 Å². The lowest BCUT2D eigenvalue weighted by Crippen LogP contribution is -2.23. The van der Waals surface area contributed by atoms with Crippen LogP contribution >= 0.6 is 23.2 Å². The van der Waals surface area contributed by atoms with Gasteiger partial charge >= 0.3 is 0 Å². The summed E-state index contributed by atoms with van der Waals surface area (Å²) < 4.78 is 0. The summed E-state index contributed by atoms with van der Waals surface area (Å²) in [6.07, 6.45) is 3.01. The van der Waals surface area contributed by atoms with E-state index in [2.05, 4.69) is 15.3 Å². The van der Waals surface area contributed by atoms with Crippen molar-refractivity contribution in [2.45, 2.75) is 6.54 Å². The van der Waals surface area contributed by atoms with E-state index in [4.69, 9.17) is 23.2 Å². The maximum atomic E-state index is 11.8. The zero-order valence-electron chi connectivity index (χ0n) is 9.23. The fraction of sp³-hybridized carbons (Fsp3) is 0.0833. The molecule has 2 rings (SSSR count). The van der Waals surface area contributed by atoms with Gasteiger partial charge in [-0.3, -0.25) is 9.78 Å². The van der Waals surface area contributed by atoms with Crippen molar-refractivity contribution < 1.29 is 4.79 Å². The van der Waals surface area contributed by atoms with Crippen LogP contribution in [-0.4, -0.2) is 15.9 Å². The van der Waals surface area contributed by atoms with Crippen molar-refractivity contribution in [3.63, 3.8) is 0 Å². The maximum Gasteiger partial charge on any atom is 0.254 e. The Labute approximate surface area is 114 Å². The summed E-state index contributed by atoms with van der Waals surface area (Å²) in [5.41, 5.74) is 1.06. The average molecular weight is 282 g/mol. The summed E-state index contributed by atoms with van der Waals surface area (Å²) in [7, 11) is 0. The standard InChI is InChI=1S/C12H9Cl2N3O/c13-10-5-11(14)16-7-9(10)12(18)17-6-8-3-1-2-4-15-8/h1-5,7H,6H2,(H,17,18). The number of amides is 1. The van der Waals surface area contributed by atoms with E-state index in [1.165, 1.54) is 12.3 Å². The van der Waals surface area contributed by atoms with E-state index in [1.54, 1.807) is 6.20 Å². The first-order chi connectivity index (χ1) is 8.66. The molecule has 6 heteroatoms. The SMILES string of the molecule is O=C(NCc1ccccn1)c1cnc(Cl)cc1Cl. The molecule has 0 atom stereocenters. The fourth-order valence-corrected chi connectivity index (χ4v) is 1.80. The van der Waals surface area contributed by atoms with Gasteiger partial charge in [0.25, 0.3) is 5.91 Å². The molecule has 1 amide bonds. The van der Waals surface area contributed by atoms with Gasteiger partial charge in [-0.1, -0.05) is 29.3 Å². The van der Waals surface area contributed by atoms with Gasteiger partial charge in [-0.05, 0) is 18.2 Å². The van der Waals surface area contributed by atoms with Gasteiger partial charge in [-0.2, -0.15) is 0 Å². The Morgan fingerprint density at radius 2 is 2.11 bits per heavy atom. The number of pyridine rings is 2. The Morgan fingerprint density at radius 3 is 2.78 bits per heavy atom. The molecule has 0 aromatic carbocycles. The minimum absolute atomic E-state index is 0.251. The third kappa shape index (κ3) is 3.18. The van der Waals surface area contributed by atoms with Crippen LogP contribution in [0.1, 0.15) is 16.1 Å². The molecule has 18 heavy (non-hydrogen) atoms. The highest BCUT2D eigenvalue weighted by Crippen LogP contribution is 2.18. The molecule has 1 N–H and O–H groups in total. The second kappa shape index (κ2) is 5.80. The molecule has 2 aromatic heterocycles. The molecule has 2 aromatic rings. The highest BCUT2D eigenvalue weighted by atomic mass is 35.5. The van der Waals surface area contributed by atoms with Gasteiger partial charge in [0.1, 0.15) is 5.15 Å². The molecule has 0 spiro atoms. The first-order valence-electron chi connectivity index (χ1n) is 5.16. The maximum absolute atomic E-state index is 11.8. The van der Waals surface area contributed by atoms with E-state index < -0.39 is 0 Å². The quantitative estimate of drug-likeness (QED) is 0.881. The largest absolute Gasteiger partial charge is 0.346 e. The molecule has 92 valence electrons. The van der Waals surface area contributed by atoms with E-state index in [-0.39, 0.29) is 21.6 Å². The predicted octanol–water partition coefficient (Wildman–Crippen LogP) is 2.71. The second-order valence-electron chi connectivity index (χ2n) is 3.49. The van der Waals surface area contributed by atoms with E-state index in [1.807, 2.05) is 18.2 Å². The van der Waals surface area contributed by atoms with Crippen LogP contribution in [0.3, 0.4) is 0 Å². The summed E-state index contributed by atoms with van der Waals surface area (Å²) in [6.45, 7) is 0.332. The van der Waals surface area contributed by atoms with Crippen LogP contribution in [0.5, 0.6) is 0 Å². The molecule has 0 aliphatic rings. The molecular weight excluding hydrogens is 273 g/mol. The summed E-state index contributed by atoms with van der Waals surface area (Å²) in [6, 6.07) is 6.91.